The van der Waals surface area contributed by atoms with E-state index in [1.807, 2.05) is 0 Å². The van der Waals surface area contributed by atoms with E-state index < -0.39 is 5.91 Å². The lowest BCUT2D eigenvalue weighted by Crippen LogP contribution is -2.29. The van der Waals surface area contributed by atoms with Gasteiger partial charge >= 0.3 is 0 Å². The number of nitrogens with one attached hydrogen (secondary N) is 2. The molecule has 0 fully saturated rings. The number of amidine groups is 1. The summed E-state index contributed by atoms with van der Waals surface area (Å²) in [5.41, 5.74) is 5.87. The lowest BCUT2D eigenvalue weighted by atomic mass is 10.3. The first kappa shape index (κ1) is 12.7. The van der Waals surface area contributed by atoms with Crippen LogP contribution in [0.4, 0.5) is 5.82 Å². The second-order valence-electron chi connectivity index (χ2n) is 2.82. The third-order valence-corrected chi connectivity index (χ3v) is 2.49. The number of amides is 1. The van der Waals surface area contributed by atoms with Crippen molar-refractivity contribution in [1.82, 2.24) is 15.3 Å². The van der Waals surface area contributed by atoms with E-state index in [-0.39, 0.29) is 21.8 Å². The molecule has 0 aliphatic heterocycles. The first-order valence-electron chi connectivity index (χ1n) is 4.19. The van der Waals surface area contributed by atoms with E-state index in [0.29, 0.717) is 5.69 Å². The highest BCUT2D eigenvalue weighted by Gasteiger charge is 2.15. The maximum Gasteiger partial charge on any atom is 0.277 e. The molecule has 0 aromatic carbocycles. The minimum atomic E-state index is -0.522. The molecule has 0 unspecified atom stereocenters. The molecular formula is C8H10ClN5OS. The van der Waals surface area contributed by atoms with Crippen molar-refractivity contribution in [3.8, 4) is 0 Å². The molecule has 86 valence electrons. The Bertz CT molecular complexity index is 450. The fourth-order valence-corrected chi connectivity index (χ4v) is 1.27. The molecule has 0 radical (unpaired) electrons. The van der Waals surface area contributed by atoms with Gasteiger partial charge in [-0.3, -0.25) is 10.2 Å². The van der Waals surface area contributed by atoms with Crippen molar-refractivity contribution in [2.45, 2.75) is 6.92 Å². The molecule has 1 aromatic heterocycles. The molecular weight excluding hydrogens is 250 g/mol. The summed E-state index contributed by atoms with van der Waals surface area (Å²) in [6.45, 7) is 1.59. The van der Waals surface area contributed by atoms with Gasteiger partial charge in [-0.05, 0) is 13.2 Å². The van der Waals surface area contributed by atoms with Gasteiger partial charge in [0, 0.05) is 0 Å². The Hall–Kier alpha value is -1.34. The van der Waals surface area contributed by atoms with Gasteiger partial charge in [0.05, 0.1) is 5.69 Å². The number of hydrogen-bond acceptors (Lipinski definition) is 6. The minimum absolute atomic E-state index is 0.0218. The van der Waals surface area contributed by atoms with Gasteiger partial charge < -0.3 is 11.1 Å². The first-order valence-corrected chi connectivity index (χ1v) is 5.79. The Morgan fingerprint density at radius 2 is 2.19 bits per heavy atom. The van der Waals surface area contributed by atoms with Crippen LogP contribution in [-0.2, 0) is 0 Å². The van der Waals surface area contributed by atoms with Gasteiger partial charge in [0.15, 0.2) is 21.8 Å². The molecule has 0 spiro atoms. The van der Waals surface area contributed by atoms with Gasteiger partial charge in [0.1, 0.15) is 0 Å². The number of carbonyl (C=O) groups excluding carboxylic acids is 1. The summed E-state index contributed by atoms with van der Waals surface area (Å²) in [6, 6.07) is 0. The number of aryl methyl sites for hydroxylation is 1. The SMILES string of the molecule is CSC(=N)NC(=O)c1nc(Cl)c(N)nc1C. The quantitative estimate of drug-likeness (QED) is 0.516. The molecule has 0 aliphatic carbocycles. The van der Waals surface area contributed by atoms with Crippen LogP contribution < -0.4 is 11.1 Å². The topological polar surface area (TPSA) is 105 Å². The predicted octanol–water partition coefficient (Wildman–Crippen LogP) is 1.05. The van der Waals surface area contributed by atoms with Crippen LogP contribution in [-0.4, -0.2) is 27.3 Å². The van der Waals surface area contributed by atoms with E-state index in [4.69, 9.17) is 22.7 Å². The smallest absolute Gasteiger partial charge is 0.277 e. The standard InChI is InChI=1S/C8H10ClN5OS/c1-3-4(7(15)14-8(11)16-2)13-5(9)6(10)12-3/h1-2H3,(H2,10,12)(H2,11,14,15). The van der Waals surface area contributed by atoms with Gasteiger partial charge in [0.25, 0.3) is 5.91 Å². The second-order valence-corrected chi connectivity index (χ2v) is 4.00. The predicted molar refractivity (Wildman–Crippen MR) is 64.9 cm³/mol. The van der Waals surface area contributed by atoms with Crippen LogP contribution in [0.2, 0.25) is 5.15 Å². The molecule has 6 nitrogen and oxygen atoms in total. The van der Waals surface area contributed by atoms with E-state index in [2.05, 4.69) is 15.3 Å². The summed E-state index contributed by atoms with van der Waals surface area (Å²) in [5, 5.41) is 9.65. The number of nitrogens with two attached hydrogens (primary N) is 1. The Balaban J connectivity index is 3.00. The number of aromatic nitrogens is 2. The van der Waals surface area contributed by atoms with Crippen molar-refractivity contribution in [3.05, 3.63) is 16.5 Å². The Labute approximate surface area is 101 Å². The summed E-state index contributed by atoms with van der Waals surface area (Å²) >= 11 is 6.77. The average molecular weight is 260 g/mol. The van der Waals surface area contributed by atoms with E-state index in [0.717, 1.165) is 11.8 Å². The van der Waals surface area contributed by atoms with Crippen molar-refractivity contribution >= 4 is 40.3 Å². The van der Waals surface area contributed by atoms with Crippen molar-refractivity contribution in [1.29, 1.82) is 5.41 Å². The van der Waals surface area contributed by atoms with Crippen LogP contribution in [0.1, 0.15) is 16.2 Å². The van der Waals surface area contributed by atoms with Crippen molar-refractivity contribution in [3.63, 3.8) is 0 Å². The highest BCUT2D eigenvalue weighted by molar-refractivity contribution is 8.13. The highest BCUT2D eigenvalue weighted by Crippen LogP contribution is 2.15. The number of hydrogen-bond donors (Lipinski definition) is 3. The fraction of sp³-hybridized carbons (Fsp3) is 0.250. The molecule has 1 aromatic rings. The summed E-state index contributed by atoms with van der Waals surface area (Å²) < 4.78 is 0. The van der Waals surface area contributed by atoms with Gasteiger partial charge in [-0.25, -0.2) is 9.97 Å². The maximum atomic E-state index is 11.6. The summed E-state index contributed by atoms with van der Waals surface area (Å²) in [6.07, 6.45) is 1.68. The van der Waals surface area contributed by atoms with Crippen molar-refractivity contribution in [2.24, 2.45) is 0 Å². The Morgan fingerprint density at radius 1 is 1.56 bits per heavy atom. The zero-order valence-electron chi connectivity index (χ0n) is 8.67. The zero-order valence-corrected chi connectivity index (χ0v) is 10.2. The Kier molecular flexibility index (Phi) is 4.08. The maximum absolute atomic E-state index is 11.6. The lowest BCUT2D eigenvalue weighted by Gasteiger charge is -2.07. The summed E-state index contributed by atoms with van der Waals surface area (Å²) in [7, 11) is 0. The van der Waals surface area contributed by atoms with Crippen LogP contribution in [0.3, 0.4) is 0 Å². The minimum Gasteiger partial charge on any atom is -0.381 e. The molecule has 0 aliphatic rings. The van der Waals surface area contributed by atoms with Crippen LogP contribution in [0.25, 0.3) is 0 Å². The van der Waals surface area contributed by atoms with E-state index in [1.165, 1.54) is 0 Å². The molecule has 0 bridgehead atoms. The molecule has 8 heteroatoms. The number of nitrogens with zero attached hydrogens (tertiary/aromatic N) is 2. The van der Waals surface area contributed by atoms with Crippen LogP contribution in [0.15, 0.2) is 0 Å². The third-order valence-electron chi connectivity index (χ3n) is 1.70. The van der Waals surface area contributed by atoms with Gasteiger partial charge in [-0.15, -0.1) is 0 Å². The molecule has 0 saturated carbocycles. The summed E-state index contributed by atoms with van der Waals surface area (Å²) in [5.74, 6) is -0.443. The van der Waals surface area contributed by atoms with Crippen molar-refractivity contribution < 1.29 is 4.79 Å². The van der Waals surface area contributed by atoms with Crippen LogP contribution in [0.5, 0.6) is 0 Å². The highest BCUT2D eigenvalue weighted by atomic mass is 35.5. The molecule has 16 heavy (non-hydrogen) atoms. The molecule has 0 atom stereocenters. The number of anilines is 1. The normalized spacial score (nSPS) is 9.94. The van der Waals surface area contributed by atoms with E-state index in [9.17, 15) is 4.79 Å². The average Bonchev–Trinajstić information content (AvgIpc) is 2.23. The Morgan fingerprint density at radius 3 is 2.75 bits per heavy atom. The first-order chi connectivity index (χ1) is 7.45. The third kappa shape index (κ3) is 2.83. The summed E-state index contributed by atoms with van der Waals surface area (Å²) in [4.78, 5) is 19.3. The van der Waals surface area contributed by atoms with Gasteiger partial charge in [-0.2, -0.15) is 0 Å². The molecule has 1 heterocycles. The number of rotatable bonds is 1. The van der Waals surface area contributed by atoms with Crippen LogP contribution >= 0.6 is 23.4 Å². The molecule has 1 rings (SSSR count). The zero-order chi connectivity index (χ0) is 12.3. The second kappa shape index (κ2) is 5.13. The molecule has 4 N–H and O–H groups in total. The molecule has 0 saturated heterocycles. The number of nitrogen functional groups attached to an aromatic ring is 1. The fourth-order valence-electron chi connectivity index (χ4n) is 0.945. The monoisotopic (exact) mass is 259 g/mol. The largest absolute Gasteiger partial charge is 0.381 e. The van der Waals surface area contributed by atoms with E-state index >= 15 is 0 Å². The van der Waals surface area contributed by atoms with Gasteiger partial charge in [0.2, 0.25) is 0 Å². The molecule has 1 amide bonds. The number of halogens is 1. The number of thioether (sulfide) groups is 1. The van der Waals surface area contributed by atoms with E-state index in [1.54, 1.807) is 13.2 Å². The van der Waals surface area contributed by atoms with Crippen molar-refractivity contribution in [2.75, 3.05) is 12.0 Å². The van der Waals surface area contributed by atoms with Gasteiger partial charge in [-0.1, -0.05) is 23.4 Å². The van der Waals surface area contributed by atoms with Crippen LogP contribution in [0, 0.1) is 12.3 Å². The number of carbonyl (C=O) groups is 1. The lowest BCUT2D eigenvalue weighted by molar-refractivity contribution is 0.0972.